The predicted molar refractivity (Wildman–Crippen MR) is 95.0 cm³/mol. The minimum Gasteiger partial charge on any atom is -0.334 e. The molecule has 0 spiro atoms. The first-order chi connectivity index (χ1) is 11.7. The number of amides is 2. The fourth-order valence-corrected chi connectivity index (χ4v) is 2.96. The Bertz CT molecular complexity index is 881. The topological polar surface area (TPSA) is 59.0 Å². The molecule has 0 atom stereocenters. The summed E-state index contributed by atoms with van der Waals surface area (Å²) in [5.74, 6) is 1.80. The van der Waals surface area contributed by atoms with E-state index in [4.69, 9.17) is 4.98 Å². The molecule has 1 heterocycles. The SMILES string of the molecule is Cn1c(C2CC2)nc2cc(CNC(=O)Nc3ccccc3)ccc21. The second kappa shape index (κ2) is 6.00. The molecule has 0 saturated heterocycles. The van der Waals surface area contributed by atoms with Gasteiger partial charge in [-0.2, -0.15) is 0 Å². The largest absolute Gasteiger partial charge is 0.334 e. The van der Waals surface area contributed by atoms with E-state index < -0.39 is 0 Å². The lowest BCUT2D eigenvalue weighted by molar-refractivity contribution is 0.251. The van der Waals surface area contributed by atoms with Crippen LogP contribution in [-0.2, 0) is 13.6 Å². The van der Waals surface area contributed by atoms with Gasteiger partial charge in [0, 0.05) is 25.2 Å². The standard InChI is InChI=1S/C19H20N4O/c1-23-17-10-7-13(11-16(17)22-18(23)14-8-9-14)12-20-19(24)21-15-5-3-2-4-6-15/h2-7,10-11,14H,8-9,12H2,1H3,(H2,20,21,24). The van der Waals surface area contributed by atoms with E-state index in [-0.39, 0.29) is 6.03 Å². The van der Waals surface area contributed by atoms with E-state index in [0.717, 1.165) is 22.3 Å². The maximum Gasteiger partial charge on any atom is 0.319 e. The van der Waals surface area contributed by atoms with Crippen LogP contribution in [0.15, 0.2) is 48.5 Å². The summed E-state index contributed by atoms with van der Waals surface area (Å²) in [6, 6.07) is 15.4. The maximum atomic E-state index is 12.0. The van der Waals surface area contributed by atoms with Crippen molar-refractivity contribution in [2.24, 2.45) is 7.05 Å². The number of imidazole rings is 1. The highest BCUT2D eigenvalue weighted by Gasteiger charge is 2.28. The first-order valence-electron chi connectivity index (χ1n) is 8.26. The summed E-state index contributed by atoms with van der Waals surface area (Å²) in [6.45, 7) is 0.476. The fraction of sp³-hybridized carbons (Fsp3) is 0.263. The summed E-state index contributed by atoms with van der Waals surface area (Å²) in [7, 11) is 2.08. The van der Waals surface area contributed by atoms with Crippen LogP contribution in [0.3, 0.4) is 0 Å². The van der Waals surface area contributed by atoms with Gasteiger partial charge in [-0.25, -0.2) is 9.78 Å². The van der Waals surface area contributed by atoms with Crippen LogP contribution >= 0.6 is 0 Å². The summed E-state index contributed by atoms with van der Waals surface area (Å²) < 4.78 is 2.19. The zero-order valence-electron chi connectivity index (χ0n) is 13.6. The summed E-state index contributed by atoms with van der Waals surface area (Å²) in [6.07, 6.45) is 2.48. The number of anilines is 1. The molecule has 4 rings (SSSR count). The molecule has 2 aromatic carbocycles. The van der Waals surface area contributed by atoms with E-state index in [0.29, 0.717) is 12.5 Å². The molecule has 0 bridgehead atoms. The summed E-state index contributed by atoms with van der Waals surface area (Å²) in [5, 5.41) is 5.70. The molecule has 122 valence electrons. The van der Waals surface area contributed by atoms with Gasteiger partial charge in [-0.1, -0.05) is 24.3 Å². The van der Waals surface area contributed by atoms with E-state index in [1.165, 1.54) is 18.7 Å². The average Bonchev–Trinajstić information content (AvgIpc) is 3.38. The number of nitrogens with zero attached hydrogens (tertiary/aromatic N) is 2. The summed E-state index contributed by atoms with van der Waals surface area (Å²) >= 11 is 0. The molecule has 5 heteroatoms. The van der Waals surface area contributed by atoms with Crippen molar-refractivity contribution in [3.8, 4) is 0 Å². The number of aryl methyl sites for hydroxylation is 1. The summed E-state index contributed by atoms with van der Waals surface area (Å²) in [5.41, 5.74) is 3.98. The number of hydrogen-bond donors (Lipinski definition) is 2. The highest BCUT2D eigenvalue weighted by atomic mass is 16.2. The normalized spacial score (nSPS) is 13.9. The van der Waals surface area contributed by atoms with Gasteiger partial charge in [-0.15, -0.1) is 0 Å². The van der Waals surface area contributed by atoms with Crippen LogP contribution < -0.4 is 10.6 Å². The lowest BCUT2D eigenvalue weighted by Gasteiger charge is -2.07. The Labute approximate surface area is 140 Å². The van der Waals surface area contributed by atoms with Gasteiger partial charge >= 0.3 is 6.03 Å². The third-order valence-corrected chi connectivity index (χ3v) is 4.41. The second-order valence-electron chi connectivity index (χ2n) is 6.30. The average molecular weight is 320 g/mol. The number of para-hydroxylation sites is 1. The quantitative estimate of drug-likeness (QED) is 0.769. The molecule has 1 fully saturated rings. The number of nitrogens with one attached hydrogen (secondary N) is 2. The van der Waals surface area contributed by atoms with Crippen LogP contribution in [0.1, 0.15) is 30.1 Å². The lowest BCUT2D eigenvalue weighted by Crippen LogP contribution is -2.28. The molecule has 0 unspecified atom stereocenters. The van der Waals surface area contributed by atoms with Crippen LogP contribution in [0.2, 0.25) is 0 Å². The molecule has 1 aliphatic carbocycles. The zero-order valence-corrected chi connectivity index (χ0v) is 13.6. The van der Waals surface area contributed by atoms with Gasteiger partial charge in [0.25, 0.3) is 0 Å². The Hall–Kier alpha value is -2.82. The van der Waals surface area contributed by atoms with Crippen molar-refractivity contribution in [2.75, 3.05) is 5.32 Å². The number of carbonyl (C=O) groups excluding carboxylic acids is 1. The summed E-state index contributed by atoms with van der Waals surface area (Å²) in [4.78, 5) is 16.7. The van der Waals surface area contributed by atoms with E-state index in [2.05, 4.69) is 34.4 Å². The number of fused-ring (bicyclic) bond motifs is 1. The minimum absolute atomic E-state index is 0.207. The molecule has 1 aromatic heterocycles. The van der Waals surface area contributed by atoms with Crippen LogP contribution in [0.4, 0.5) is 10.5 Å². The molecule has 2 amide bonds. The van der Waals surface area contributed by atoms with Crippen molar-refractivity contribution in [3.63, 3.8) is 0 Å². The van der Waals surface area contributed by atoms with Crippen LogP contribution in [0.25, 0.3) is 11.0 Å². The Morgan fingerprint density at radius 3 is 2.75 bits per heavy atom. The van der Waals surface area contributed by atoms with Gasteiger partial charge in [0.1, 0.15) is 5.82 Å². The third-order valence-electron chi connectivity index (χ3n) is 4.41. The Kier molecular flexibility index (Phi) is 3.69. The van der Waals surface area contributed by atoms with Gasteiger partial charge in [-0.05, 0) is 42.7 Å². The highest BCUT2D eigenvalue weighted by Crippen LogP contribution is 2.40. The monoisotopic (exact) mass is 320 g/mol. The molecule has 0 aliphatic heterocycles. The molecule has 3 aromatic rings. The van der Waals surface area contributed by atoms with Crippen molar-refractivity contribution in [2.45, 2.75) is 25.3 Å². The van der Waals surface area contributed by atoms with Crippen LogP contribution in [0.5, 0.6) is 0 Å². The number of urea groups is 1. The van der Waals surface area contributed by atoms with Gasteiger partial charge in [0.2, 0.25) is 0 Å². The first-order valence-corrected chi connectivity index (χ1v) is 8.26. The van der Waals surface area contributed by atoms with Crippen molar-refractivity contribution < 1.29 is 4.79 Å². The number of aromatic nitrogens is 2. The number of carbonyl (C=O) groups is 1. The number of benzene rings is 2. The van der Waals surface area contributed by atoms with Crippen molar-refractivity contribution in [1.29, 1.82) is 0 Å². The number of rotatable bonds is 4. The third kappa shape index (κ3) is 2.97. The Balaban J connectivity index is 1.44. The first kappa shape index (κ1) is 14.8. The fourth-order valence-electron chi connectivity index (χ4n) is 2.96. The molecular formula is C19H20N4O. The van der Waals surface area contributed by atoms with Gasteiger partial charge in [0.05, 0.1) is 11.0 Å². The van der Waals surface area contributed by atoms with Crippen LogP contribution in [-0.4, -0.2) is 15.6 Å². The molecule has 2 N–H and O–H groups in total. The van der Waals surface area contributed by atoms with Gasteiger partial charge in [-0.3, -0.25) is 0 Å². The van der Waals surface area contributed by atoms with Crippen LogP contribution in [0, 0.1) is 0 Å². The highest BCUT2D eigenvalue weighted by molar-refractivity contribution is 5.89. The van der Waals surface area contributed by atoms with E-state index in [9.17, 15) is 4.79 Å². The van der Waals surface area contributed by atoms with Gasteiger partial charge < -0.3 is 15.2 Å². The van der Waals surface area contributed by atoms with Crippen molar-refractivity contribution >= 4 is 22.8 Å². The zero-order chi connectivity index (χ0) is 16.5. The molecule has 24 heavy (non-hydrogen) atoms. The molecule has 1 aliphatic rings. The smallest absolute Gasteiger partial charge is 0.319 e. The molecule has 5 nitrogen and oxygen atoms in total. The minimum atomic E-state index is -0.207. The van der Waals surface area contributed by atoms with E-state index in [1.807, 2.05) is 36.4 Å². The predicted octanol–water partition coefficient (Wildman–Crippen LogP) is 3.77. The lowest BCUT2D eigenvalue weighted by atomic mass is 10.2. The van der Waals surface area contributed by atoms with E-state index in [1.54, 1.807) is 0 Å². The number of hydrogen-bond acceptors (Lipinski definition) is 2. The van der Waals surface area contributed by atoms with Gasteiger partial charge in [0.15, 0.2) is 0 Å². The van der Waals surface area contributed by atoms with Crippen molar-refractivity contribution in [1.82, 2.24) is 14.9 Å². The second-order valence-corrected chi connectivity index (χ2v) is 6.30. The van der Waals surface area contributed by atoms with E-state index >= 15 is 0 Å². The Morgan fingerprint density at radius 1 is 1.21 bits per heavy atom. The molecular weight excluding hydrogens is 300 g/mol. The molecule has 0 radical (unpaired) electrons. The maximum absolute atomic E-state index is 12.0. The molecule has 1 saturated carbocycles. The Morgan fingerprint density at radius 2 is 2.00 bits per heavy atom. The van der Waals surface area contributed by atoms with Crippen molar-refractivity contribution in [3.05, 3.63) is 59.9 Å².